The molecular weight excluding hydrogens is 234 g/mol. The summed E-state index contributed by atoms with van der Waals surface area (Å²) in [5.41, 5.74) is 6.01. The quantitative estimate of drug-likeness (QED) is 0.611. The predicted octanol–water partition coefficient (Wildman–Crippen LogP) is 1.88. The molecule has 0 amide bonds. The summed E-state index contributed by atoms with van der Waals surface area (Å²) in [4.78, 5) is 18.3. The lowest BCUT2D eigenvalue weighted by atomic mass is 10.0. The third kappa shape index (κ3) is 2.34. The van der Waals surface area contributed by atoms with E-state index in [1.54, 1.807) is 6.92 Å². The maximum Gasteiger partial charge on any atom is 0.332 e. The first kappa shape index (κ1) is 12.5. The maximum absolute atomic E-state index is 11.0. The molecule has 0 radical (unpaired) electrons. The summed E-state index contributed by atoms with van der Waals surface area (Å²) in [7, 11) is 0. The molecule has 7 nitrogen and oxygen atoms in total. The van der Waals surface area contributed by atoms with Crippen LogP contribution in [0.25, 0.3) is 0 Å². The van der Waals surface area contributed by atoms with Crippen LogP contribution in [-0.2, 0) is 0 Å². The van der Waals surface area contributed by atoms with Gasteiger partial charge in [-0.25, -0.2) is 4.98 Å². The molecule has 0 aliphatic heterocycles. The fourth-order valence-corrected chi connectivity index (χ4v) is 2.03. The van der Waals surface area contributed by atoms with Gasteiger partial charge in [0.25, 0.3) is 0 Å². The average molecular weight is 251 g/mol. The van der Waals surface area contributed by atoms with E-state index >= 15 is 0 Å². The van der Waals surface area contributed by atoms with Crippen LogP contribution in [0.4, 0.5) is 17.5 Å². The van der Waals surface area contributed by atoms with Gasteiger partial charge in [-0.1, -0.05) is 6.92 Å². The van der Waals surface area contributed by atoms with Crippen molar-refractivity contribution in [3.63, 3.8) is 0 Å². The van der Waals surface area contributed by atoms with Crippen molar-refractivity contribution in [3.8, 4) is 0 Å². The summed E-state index contributed by atoms with van der Waals surface area (Å²) >= 11 is 0. The minimum absolute atomic E-state index is 0.0574. The molecule has 1 aromatic rings. The van der Waals surface area contributed by atoms with Gasteiger partial charge < -0.3 is 11.1 Å². The largest absolute Gasteiger partial charge is 0.368 e. The van der Waals surface area contributed by atoms with Gasteiger partial charge >= 0.3 is 5.69 Å². The van der Waals surface area contributed by atoms with Crippen LogP contribution in [-0.4, -0.2) is 21.4 Å². The Morgan fingerprint density at radius 3 is 2.67 bits per heavy atom. The minimum Gasteiger partial charge on any atom is -0.368 e. The Bertz CT molecular complexity index is 485. The lowest BCUT2D eigenvalue weighted by Gasteiger charge is -2.14. The molecule has 1 aliphatic carbocycles. The highest BCUT2D eigenvalue weighted by Gasteiger charge is 2.40. The standard InChI is InChI=1S/C11H17N5O2/c1-3-11(4-5-11)6-13-9-8(16(17)18)7(2)14-10(12)15-9/h3-6H2,1-2H3,(H3,12,13,14,15). The number of nitrogens with one attached hydrogen (secondary N) is 1. The highest BCUT2D eigenvalue weighted by Crippen LogP contribution is 2.48. The van der Waals surface area contributed by atoms with Crippen LogP contribution in [0.2, 0.25) is 0 Å². The number of rotatable bonds is 5. The van der Waals surface area contributed by atoms with Gasteiger partial charge in [0.2, 0.25) is 11.8 Å². The Labute approximate surface area is 105 Å². The highest BCUT2D eigenvalue weighted by molar-refractivity contribution is 5.60. The predicted molar refractivity (Wildman–Crippen MR) is 68.3 cm³/mol. The van der Waals surface area contributed by atoms with Gasteiger partial charge in [0.05, 0.1) is 4.92 Å². The summed E-state index contributed by atoms with van der Waals surface area (Å²) in [5, 5.41) is 14.1. The number of nitrogens with two attached hydrogens (primary N) is 1. The van der Waals surface area contributed by atoms with Gasteiger partial charge in [-0.3, -0.25) is 10.1 Å². The van der Waals surface area contributed by atoms with E-state index in [-0.39, 0.29) is 28.6 Å². The molecular formula is C11H17N5O2. The number of nitrogens with zero attached hydrogens (tertiary/aromatic N) is 3. The second-order valence-corrected chi connectivity index (χ2v) is 4.83. The van der Waals surface area contributed by atoms with E-state index < -0.39 is 4.92 Å². The third-order valence-electron chi connectivity index (χ3n) is 3.60. The van der Waals surface area contributed by atoms with Crippen LogP contribution in [0.1, 0.15) is 31.9 Å². The number of hydrogen-bond donors (Lipinski definition) is 2. The molecule has 0 atom stereocenters. The minimum atomic E-state index is -0.470. The van der Waals surface area contributed by atoms with Gasteiger partial charge in [0.1, 0.15) is 5.69 Å². The van der Waals surface area contributed by atoms with Crippen LogP contribution in [0, 0.1) is 22.5 Å². The molecule has 1 saturated carbocycles. The maximum atomic E-state index is 11.0. The first-order valence-corrected chi connectivity index (χ1v) is 6.00. The highest BCUT2D eigenvalue weighted by atomic mass is 16.6. The van der Waals surface area contributed by atoms with Crippen molar-refractivity contribution in [2.45, 2.75) is 33.1 Å². The molecule has 98 valence electrons. The zero-order valence-corrected chi connectivity index (χ0v) is 10.6. The normalized spacial score (nSPS) is 16.3. The summed E-state index contributed by atoms with van der Waals surface area (Å²) in [5.74, 6) is 0.284. The number of nitrogen functional groups attached to an aromatic ring is 1. The SMILES string of the molecule is CCC1(CNc2nc(N)nc(C)c2[N+](=O)[O-])CC1. The lowest BCUT2D eigenvalue weighted by molar-refractivity contribution is -0.385. The van der Waals surface area contributed by atoms with Gasteiger partial charge in [-0.15, -0.1) is 0 Å². The molecule has 1 aromatic heterocycles. The number of aromatic nitrogens is 2. The Morgan fingerprint density at radius 2 is 2.17 bits per heavy atom. The molecule has 3 N–H and O–H groups in total. The number of nitro groups is 1. The molecule has 1 heterocycles. The molecule has 0 bridgehead atoms. The monoisotopic (exact) mass is 251 g/mol. The van der Waals surface area contributed by atoms with Gasteiger partial charge in [-0.05, 0) is 31.6 Å². The third-order valence-corrected chi connectivity index (χ3v) is 3.60. The number of hydrogen-bond acceptors (Lipinski definition) is 6. The van der Waals surface area contributed by atoms with E-state index in [1.165, 1.54) is 0 Å². The summed E-state index contributed by atoms with van der Waals surface area (Å²) in [6, 6.07) is 0. The molecule has 0 unspecified atom stereocenters. The molecule has 2 rings (SSSR count). The fraction of sp³-hybridized carbons (Fsp3) is 0.636. The smallest absolute Gasteiger partial charge is 0.332 e. The van der Waals surface area contributed by atoms with Crippen LogP contribution < -0.4 is 11.1 Å². The fourth-order valence-electron chi connectivity index (χ4n) is 2.03. The molecule has 7 heteroatoms. The Kier molecular flexibility index (Phi) is 3.06. The average Bonchev–Trinajstić information content (AvgIpc) is 3.05. The van der Waals surface area contributed by atoms with E-state index in [1.807, 2.05) is 0 Å². The van der Waals surface area contributed by atoms with Crippen molar-refractivity contribution >= 4 is 17.5 Å². The van der Waals surface area contributed by atoms with Crippen LogP contribution in [0.5, 0.6) is 0 Å². The Morgan fingerprint density at radius 1 is 1.50 bits per heavy atom. The lowest BCUT2D eigenvalue weighted by Crippen LogP contribution is -2.17. The molecule has 0 saturated heterocycles. The Balaban J connectivity index is 2.23. The molecule has 1 fully saturated rings. The van der Waals surface area contributed by atoms with E-state index in [9.17, 15) is 10.1 Å². The topological polar surface area (TPSA) is 107 Å². The van der Waals surface area contributed by atoms with Gasteiger partial charge in [0, 0.05) is 6.54 Å². The summed E-state index contributed by atoms with van der Waals surface area (Å²) in [6.45, 7) is 4.39. The van der Waals surface area contributed by atoms with E-state index in [0.717, 1.165) is 19.3 Å². The molecule has 18 heavy (non-hydrogen) atoms. The second kappa shape index (κ2) is 4.40. The Hall–Kier alpha value is -1.92. The zero-order valence-electron chi connectivity index (χ0n) is 10.6. The van der Waals surface area contributed by atoms with Crippen molar-refractivity contribution < 1.29 is 4.92 Å². The van der Waals surface area contributed by atoms with Gasteiger partial charge in [-0.2, -0.15) is 4.98 Å². The van der Waals surface area contributed by atoms with Gasteiger partial charge in [0.15, 0.2) is 0 Å². The van der Waals surface area contributed by atoms with Crippen molar-refractivity contribution in [2.24, 2.45) is 5.41 Å². The molecule has 1 aliphatic rings. The van der Waals surface area contributed by atoms with E-state index in [0.29, 0.717) is 6.54 Å². The van der Waals surface area contributed by atoms with E-state index in [4.69, 9.17) is 5.73 Å². The van der Waals surface area contributed by atoms with Crippen molar-refractivity contribution in [1.29, 1.82) is 0 Å². The van der Waals surface area contributed by atoms with Crippen LogP contribution in [0.15, 0.2) is 0 Å². The van der Waals surface area contributed by atoms with Crippen molar-refractivity contribution in [1.82, 2.24) is 9.97 Å². The van der Waals surface area contributed by atoms with Crippen molar-refractivity contribution in [3.05, 3.63) is 15.8 Å². The summed E-state index contributed by atoms with van der Waals surface area (Å²) < 4.78 is 0. The van der Waals surface area contributed by atoms with E-state index in [2.05, 4.69) is 22.2 Å². The zero-order chi connectivity index (χ0) is 13.3. The molecule has 0 aromatic carbocycles. The first-order valence-electron chi connectivity index (χ1n) is 6.00. The summed E-state index contributed by atoms with van der Waals surface area (Å²) in [6.07, 6.45) is 3.38. The van der Waals surface area contributed by atoms with Crippen molar-refractivity contribution in [2.75, 3.05) is 17.6 Å². The number of aryl methyl sites for hydroxylation is 1. The first-order chi connectivity index (χ1) is 8.47. The number of anilines is 2. The van der Waals surface area contributed by atoms with Crippen LogP contribution >= 0.6 is 0 Å². The second-order valence-electron chi connectivity index (χ2n) is 4.83. The molecule has 0 spiro atoms. The van der Waals surface area contributed by atoms with Crippen LogP contribution in [0.3, 0.4) is 0 Å².